The summed E-state index contributed by atoms with van der Waals surface area (Å²) < 4.78 is 10.6. The molecular weight excluding hydrogens is 256 g/mol. The Hall–Kier alpha value is -1.75. The number of carbonyl (C=O) groups excluding carboxylic acids is 1. The van der Waals surface area contributed by atoms with Gasteiger partial charge in [-0.1, -0.05) is 0 Å². The fourth-order valence-corrected chi connectivity index (χ4v) is 2.05. The van der Waals surface area contributed by atoms with Crippen LogP contribution in [0.2, 0.25) is 0 Å². The van der Waals surface area contributed by atoms with Crippen molar-refractivity contribution >= 4 is 11.6 Å². The molecule has 2 N–H and O–H groups in total. The number of nitrogen functional groups attached to an aromatic ring is 1. The quantitative estimate of drug-likeness (QED) is 0.735. The third kappa shape index (κ3) is 4.42. The van der Waals surface area contributed by atoms with Gasteiger partial charge in [0.1, 0.15) is 5.75 Å². The molecule has 1 fully saturated rings. The first-order valence-corrected chi connectivity index (χ1v) is 6.97. The van der Waals surface area contributed by atoms with E-state index in [4.69, 9.17) is 15.2 Å². The molecular formula is C15H22N2O3. The van der Waals surface area contributed by atoms with Crippen LogP contribution in [0.4, 0.5) is 5.69 Å². The Morgan fingerprint density at radius 2 is 2.00 bits per heavy atom. The van der Waals surface area contributed by atoms with Crippen LogP contribution in [0.25, 0.3) is 0 Å². The molecule has 110 valence electrons. The van der Waals surface area contributed by atoms with Gasteiger partial charge in [0.2, 0.25) is 5.91 Å². The maximum Gasteiger partial charge on any atom is 0.226 e. The van der Waals surface area contributed by atoms with Gasteiger partial charge < -0.3 is 20.1 Å². The monoisotopic (exact) mass is 278 g/mol. The molecule has 2 rings (SSSR count). The van der Waals surface area contributed by atoms with Crippen LogP contribution >= 0.6 is 0 Å². The molecule has 0 unspecified atom stereocenters. The lowest BCUT2D eigenvalue weighted by Crippen LogP contribution is -2.36. The van der Waals surface area contributed by atoms with Crippen molar-refractivity contribution in [1.82, 2.24) is 4.90 Å². The highest BCUT2D eigenvalue weighted by Gasteiger charge is 2.31. The van der Waals surface area contributed by atoms with E-state index in [1.165, 1.54) is 0 Å². The number of ether oxygens (including phenoxy) is 2. The number of methoxy groups -OCH3 is 1. The van der Waals surface area contributed by atoms with Gasteiger partial charge in [0.05, 0.1) is 19.6 Å². The average molecular weight is 278 g/mol. The number of carbonyl (C=O) groups is 1. The van der Waals surface area contributed by atoms with Gasteiger partial charge >= 0.3 is 0 Å². The molecule has 1 saturated carbocycles. The topological polar surface area (TPSA) is 64.8 Å². The third-order valence-corrected chi connectivity index (χ3v) is 3.31. The minimum atomic E-state index is 0.139. The van der Waals surface area contributed by atoms with Gasteiger partial charge in [-0.25, -0.2) is 0 Å². The van der Waals surface area contributed by atoms with E-state index >= 15 is 0 Å². The molecule has 1 aliphatic rings. The zero-order valence-electron chi connectivity index (χ0n) is 11.9. The average Bonchev–Trinajstić information content (AvgIpc) is 3.26. The highest BCUT2D eigenvalue weighted by Crippen LogP contribution is 2.27. The number of nitrogens with two attached hydrogens (primary N) is 1. The van der Waals surface area contributed by atoms with E-state index in [1.807, 2.05) is 17.0 Å². The Morgan fingerprint density at radius 1 is 1.30 bits per heavy atom. The highest BCUT2D eigenvalue weighted by atomic mass is 16.5. The number of hydrogen-bond donors (Lipinski definition) is 1. The van der Waals surface area contributed by atoms with Crippen molar-refractivity contribution < 1.29 is 14.3 Å². The third-order valence-electron chi connectivity index (χ3n) is 3.31. The van der Waals surface area contributed by atoms with Crippen molar-refractivity contribution in [3.63, 3.8) is 0 Å². The van der Waals surface area contributed by atoms with Gasteiger partial charge in [-0.15, -0.1) is 0 Å². The van der Waals surface area contributed by atoms with Crippen molar-refractivity contribution in [2.45, 2.75) is 25.3 Å². The van der Waals surface area contributed by atoms with E-state index in [-0.39, 0.29) is 5.91 Å². The first-order valence-electron chi connectivity index (χ1n) is 6.97. The van der Waals surface area contributed by atoms with Crippen LogP contribution in [0.5, 0.6) is 5.75 Å². The minimum absolute atomic E-state index is 0.139. The molecule has 1 aliphatic carbocycles. The van der Waals surface area contributed by atoms with Crippen molar-refractivity contribution in [3.05, 3.63) is 24.3 Å². The number of benzene rings is 1. The van der Waals surface area contributed by atoms with E-state index in [2.05, 4.69) is 0 Å². The molecule has 1 aromatic rings. The zero-order chi connectivity index (χ0) is 14.4. The normalized spacial score (nSPS) is 14.1. The first kappa shape index (κ1) is 14.7. The summed E-state index contributed by atoms with van der Waals surface area (Å²) in [6, 6.07) is 7.60. The summed E-state index contributed by atoms with van der Waals surface area (Å²) in [7, 11) is 1.65. The smallest absolute Gasteiger partial charge is 0.226 e. The fourth-order valence-electron chi connectivity index (χ4n) is 2.05. The molecule has 5 heteroatoms. The number of nitrogens with zero attached hydrogens (tertiary/aromatic N) is 1. The Bertz CT molecular complexity index is 429. The molecule has 1 amide bonds. The van der Waals surface area contributed by atoms with Crippen LogP contribution < -0.4 is 10.5 Å². The van der Waals surface area contributed by atoms with Gasteiger partial charge in [-0.2, -0.15) is 0 Å². The summed E-state index contributed by atoms with van der Waals surface area (Å²) in [5.74, 6) is 0.877. The van der Waals surface area contributed by atoms with Gasteiger partial charge in [-0.3, -0.25) is 4.79 Å². The Morgan fingerprint density at radius 3 is 2.60 bits per heavy atom. The molecule has 0 aliphatic heterocycles. The number of anilines is 1. The van der Waals surface area contributed by atoms with Gasteiger partial charge in [0.25, 0.3) is 0 Å². The lowest BCUT2D eigenvalue weighted by atomic mass is 10.3. The number of hydrogen-bond acceptors (Lipinski definition) is 4. The molecule has 0 atom stereocenters. The molecule has 0 saturated heterocycles. The van der Waals surface area contributed by atoms with Gasteiger partial charge in [0, 0.05) is 25.4 Å². The molecule has 0 heterocycles. The molecule has 0 radical (unpaired) electrons. The summed E-state index contributed by atoms with van der Waals surface area (Å²) in [6.45, 7) is 1.64. The van der Waals surface area contributed by atoms with Gasteiger partial charge in [-0.05, 0) is 37.1 Å². The fraction of sp³-hybridized carbons (Fsp3) is 0.533. The van der Waals surface area contributed by atoms with E-state index in [0.29, 0.717) is 37.9 Å². The standard InChI is InChI=1S/C15H22N2O3/c1-19-11-9-17(13-4-5-13)15(18)8-10-20-14-6-2-12(16)3-7-14/h2-3,6-7,13H,4-5,8-11,16H2,1H3. The molecule has 5 nitrogen and oxygen atoms in total. The molecule has 1 aromatic carbocycles. The van der Waals surface area contributed by atoms with E-state index < -0.39 is 0 Å². The Labute approximate surface area is 119 Å². The lowest BCUT2D eigenvalue weighted by Gasteiger charge is -2.22. The Balaban J connectivity index is 1.74. The maximum atomic E-state index is 12.1. The number of amides is 1. The summed E-state index contributed by atoms with van der Waals surface area (Å²) in [5, 5.41) is 0. The van der Waals surface area contributed by atoms with Crippen molar-refractivity contribution in [1.29, 1.82) is 0 Å². The predicted molar refractivity (Wildman–Crippen MR) is 77.6 cm³/mol. The van der Waals surface area contributed by atoms with Crippen LogP contribution in [0.1, 0.15) is 19.3 Å². The minimum Gasteiger partial charge on any atom is -0.493 e. The molecule has 0 bridgehead atoms. The summed E-state index contributed by atoms with van der Waals surface area (Å²) in [6.07, 6.45) is 2.60. The van der Waals surface area contributed by atoms with Crippen LogP contribution in [0.15, 0.2) is 24.3 Å². The van der Waals surface area contributed by atoms with Crippen LogP contribution in [0.3, 0.4) is 0 Å². The molecule has 0 aromatic heterocycles. The first-order chi connectivity index (χ1) is 9.70. The SMILES string of the molecule is COCCN(C(=O)CCOc1ccc(N)cc1)C1CC1. The van der Waals surface area contributed by atoms with Crippen molar-refractivity contribution in [3.8, 4) is 5.75 Å². The Kier molecular flexibility index (Phi) is 5.24. The maximum absolute atomic E-state index is 12.1. The van der Waals surface area contributed by atoms with Gasteiger partial charge in [0.15, 0.2) is 0 Å². The lowest BCUT2D eigenvalue weighted by molar-refractivity contribution is -0.132. The van der Waals surface area contributed by atoms with E-state index in [1.54, 1.807) is 19.2 Å². The summed E-state index contributed by atoms with van der Waals surface area (Å²) in [5.41, 5.74) is 6.30. The highest BCUT2D eigenvalue weighted by molar-refractivity contribution is 5.77. The molecule has 0 spiro atoms. The zero-order valence-corrected chi connectivity index (χ0v) is 11.9. The largest absolute Gasteiger partial charge is 0.493 e. The second kappa shape index (κ2) is 7.14. The summed E-state index contributed by atoms with van der Waals surface area (Å²) in [4.78, 5) is 14.1. The van der Waals surface area contributed by atoms with Crippen LogP contribution in [-0.2, 0) is 9.53 Å². The van der Waals surface area contributed by atoms with E-state index in [9.17, 15) is 4.79 Å². The predicted octanol–water partition coefficient (Wildman–Crippen LogP) is 1.68. The van der Waals surface area contributed by atoms with Crippen molar-refractivity contribution in [2.24, 2.45) is 0 Å². The van der Waals surface area contributed by atoms with Crippen LogP contribution in [0, 0.1) is 0 Å². The molecule has 20 heavy (non-hydrogen) atoms. The summed E-state index contributed by atoms with van der Waals surface area (Å²) >= 11 is 0. The second-order valence-electron chi connectivity index (χ2n) is 4.98. The van der Waals surface area contributed by atoms with Crippen molar-refractivity contribution in [2.75, 3.05) is 32.6 Å². The van der Waals surface area contributed by atoms with Crippen LogP contribution in [-0.4, -0.2) is 43.7 Å². The van der Waals surface area contributed by atoms with E-state index in [0.717, 1.165) is 18.6 Å². The second-order valence-corrected chi connectivity index (χ2v) is 4.98. The number of rotatable bonds is 8.